The van der Waals surface area contributed by atoms with Crippen LogP contribution in [0.2, 0.25) is 0 Å². The normalized spacial score (nSPS) is 12.8. The fourth-order valence-electron chi connectivity index (χ4n) is 2.16. The largest absolute Gasteiger partial charge is 0.335 e. The van der Waals surface area contributed by atoms with Gasteiger partial charge in [0.25, 0.3) is 0 Å². The van der Waals surface area contributed by atoms with E-state index in [-0.39, 0.29) is 6.04 Å². The van der Waals surface area contributed by atoms with Gasteiger partial charge in [-0.25, -0.2) is 4.98 Å². The monoisotopic (exact) mass is 247 g/mol. The Balaban J connectivity index is 2.12. The highest BCUT2D eigenvalue weighted by molar-refractivity contribution is 5.13. The Morgan fingerprint density at radius 1 is 1.44 bits per heavy atom. The van der Waals surface area contributed by atoms with Crippen molar-refractivity contribution in [3.63, 3.8) is 0 Å². The van der Waals surface area contributed by atoms with Crippen LogP contribution in [0.15, 0.2) is 24.8 Å². The maximum Gasteiger partial charge on any atom is 0.110 e. The number of imidazole rings is 1. The molecule has 0 aliphatic heterocycles. The first-order chi connectivity index (χ1) is 8.74. The number of aromatic nitrogens is 4. The van der Waals surface area contributed by atoms with E-state index in [1.165, 1.54) is 5.56 Å². The summed E-state index contributed by atoms with van der Waals surface area (Å²) in [5.74, 6) is 1.13. The van der Waals surface area contributed by atoms with Crippen molar-refractivity contribution in [1.82, 2.24) is 24.6 Å². The average molecular weight is 247 g/mol. The highest BCUT2D eigenvalue weighted by Crippen LogP contribution is 2.16. The zero-order valence-corrected chi connectivity index (χ0v) is 11.3. The molecule has 2 aromatic rings. The SMILES string of the molecule is CCCn1ccnc1CC(NC)c1cnn(C)c1. The van der Waals surface area contributed by atoms with Gasteiger partial charge < -0.3 is 9.88 Å². The number of hydrogen-bond acceptors (Lipinski definition) is 3. The van der Waals surface area contributed by atoms with Crippen LogP contribution in [0.5, 0.6) is 0 Å². The van der Waals surface area contributed by atoms with Crippen molar-refractivity contribution in [3.05, 3.63) is 36.2 Å². The molecule has 5 nitrogen and oxygen atoms in total. The van der Waals surface area contributed by atoms with Crippen LogP contribution in [-0.2, 0) is 20.0 Å². The van der Waals surface area contributed by atoms with E-state index in [1.807, 2.05) is 37.4 Å². The lowest BCUT2D eigenvalue weighted by Gasteiger charge is -2.15. The van der Waals surface area contributed by atoms with Gasteiger partial charge in [-0.1, -0.05) is 6.92 Å². The topological polar surface area (TPSA) is 47.7 Å². The molecule has 18 heavy (non-hydrogen) atoms. The molecule has 1 unspecified atom stereocenters. The Morgan fingerprint density at radius 2 is 2.28 bits per heavy atom. The summed E-state index contributed by atoms with van der Waals surface area (Å²) >= 11 is 0. The molecule has 2 rings (SSSR count). The maximum atomic E-state index is 4.45. The first-order valence-electron chi connectivity index (χ1n) is 6.40. The number of likely N-dealkylation sites (N-methyl/N-ethyl adjacent to an activating group) is 1. The Morgan fingerprint density at radius 3 is 2.89 bits per heavy atom. The lowest BCUT2D eigenvalue weighted by Crippen LogP contribution is -2.20. The van der Waals surface area contributed by atoms with E-state index in [2.05, 4.69) is 33.1 Å². The van der Waals surface area contributed by atoms with Crippen molar-refractivity contribution in [2.75, 3.05) is 7.05 Å². The van der Waals surface area contributed by atoms with E-state index in [1.54, 1.807) is 0 Å². The van der Waals surface area contributed by atoms with Gasteiger partial charge in [-0.15, -0.1) is 0 Å². The number of hydrogen-bond donors (Lipinski definition) is 1. The average Bonchev–Trinajstić information content (AvgIpc) is 2.96. The summed E-state index contributed by atoms with van der Waals surface area (Å²) in [4.78, 5) is 4.45. The summed E-state index contributed by atoms with van der Waals surface area (Å²) in [7, 11) is 3.92. The quantitative estimate of drug-likeness (QED) is 0.842. The molecular weight excluding hydrogens is 226 g/mol. The summed E-state index contributed by atoms with van der Waals surface area (Å²) in [6.45, 7) is 3.21. The van der Waals surface area contributed by atoms with Crippen molar-refractivity contribution in [2.24, 2.45) is 7.05 Å². The van der Waals surface area contributed by atoms with Gasteiger partial charge in [0.1, 0.15) is 5.82 Å². The molecule has 0 amide bonds. The fraction of sp³-hybridized carbons (Fsp3) is 0.538. The Labute approximate surface area is 108 Å². The molecule has 0 saturated carbocycles. The van der Waals surface area contributed by atoms with Crippen molar-refractivity contribution in [1.29, 1.82) is 0 Å². The predicted molar refractivity (Wildman–Crippen MR) is 71.2 cm³/mol. The van der Waals surface area contributed by atoms with Crippen LogP contribution in [0.3, 0.4) is 0 Å². The zero-order chi connectivity index (χ0) is 13.0. The van der Waals surface area contributed by atoms with E-state index in [4.69, 9.17) is 0 Å². The number of nitrogens with one attached hydrogen (secondary N) is 1. The van der Waals surface area contributed by atoms with E-state index in [0.29, 0.717) is 0 Å². The van der Waals surface area contributed by atoms with Gasteiger partial charge >= 0.3 is 0 Å². The third-order valence-corrected chi connectivity index (χ3v) is 3.13. The first-order valence-corrected chi connectivity index (χ1v) is 6.40. The van der Waals surface area contributed by atoms with Gasteiger partial charge in [-0.2, -0.15) is 5.10 Å². The standard InChI is InChI=1S/C13H21N5/c1-4-6-18-7-5-15-13(18)8-12(14-2)11-9-16-17(3)10-11/h5,7,9-10,12,14H,4,6,8H2,1-3H3. The van der Waals surface area contributed by atoms with Crippen LogP contribution in [-0.4, -0.2) is 26.4 Å². The van der Waals surface area contributed by atoms with Crippen LogP contribution in [0.1, 0.15) is 30.8 Å². The fourth-order valence-corrected chi connectivity index (χ4v) is 2.16. The predicted octanol–water partition coefficient (Wildman–Crippen LogP) is 1.53. The Bertz CT molecular complexity index is 485. The molecular formula is C13H21N5. The van der Waals surface area contributed by atoms with Crippen LogP contribution >= 0.6 is 0 Å². The number of nitrogens with zero attached hydrogens (tertiary/aromatic N) is 4. The van der Waals surface area contributed by atoms with E-state index in [9.17, 15) is 0 Å². The van der Waals surface area contributed by atoms with E-state index >= 15 is 0 Å². The highest BCUT2D eigenvalue weighted by Gasteiger charge is 2.14. The summed E-state index contributed by atoms with van der Waals surface area (Å²) in [5.41, 5.74) is 1.20. The molecule has 1 atom stereocenters. The van der Waals surface area contributed by atoms with E-state index in [0.717, 1.165) is 25.2 Å². The molecule has 0 aliphatic rings. The van der Waals surface area contributed by atoms with Crippen molar-refractivity contribution in [2.45, 2.75) is 32.4 Å². The molecule has 0 fully saturated rings. The summed E-state index contributed by atoms with van der Waals surface area (Å²) in [6, 6.07) is 0.261. The number of aryl methyl sites for hydroxylation is 2. The van der Waals surface area contributed by atoms with Gasteiger partial charge in [0, 0.05) is 50.2 Å². The third kappa shape index (κ3) is 2.79. The Hall–Kier alpha value is -1.62. The van der Waals surface area contributed by atoms with Gasteiger partial charge in [-0.3, -0.25) is 4.68 Å². The van der Waals surface area contributed by atoms with Gasteiger partial charge in [0.2, 0.25) is 0 Å². The van der Waals surface area contributed by atoms with Crippen LogP contribution in [0.25, 0.3) is 0 Å². The minimum absolute atomic E-state index is 0.261. The second-order valence-corrected chi connectivity index (χ2v) is 4.53. The second kappa shape index (κ2) is 5.82. The van der Waals surface area contributed by atoms with Crippen molar-refractivity contribution >= 4 is 0 Å². The maximum absolute atomic E-state index is 4.45. The number of rotatable bonds is 6. The first kappa shape index (κ1) is 12.8. The van der Waals surface area contributed by atoms with Crippen LogP contribution in [0, 0.1) is 0 Å². The second-order valence-electron chi connectivity index (χ2n) is 4.53. The van der Waals surface area contributed by atoms with Crippen LogP contribution < -0.4 is 5.32 Å². The highest BCUT2D eigenvalue weighted by atomic mass is 15.2. The molecule has 2 heterocycles. The van der Waals surface area contributed by atoms with Crippen molar-refractivity contribution < 1.29 is 0 Å². The summed E-state index contributed by atoms with van der Waals surface area (Å²) < 4.78 is 4.05. The lowest BCUT2D eigenvalue weighted by molar-refractivity contribution is 0.542. The molecule has 0 aromatic carbocycles. The molecule has 0 bridgehead atoms. The molecule has 0 radical (unpaired) electrons. The Kier molecular flexibility index (Phi) is 4.15. The summed E-state index contributed by atoms with van der Waals surface area (Å²) in [5, 5.41) is 7.56. The van der Waals surface area contributed by atoms with Gasteiger partial charge in [0.05, 0.1) is 6.20 Å². The third-order valence-electron chi connectivity index (χ3n) is 3.13. The molecule has 0 aliphatic carbocycles. The van der Waals surface area contributed by atoms with Crippen molar-refractivity contribution in [3.8, 4) is 0 Å². The molecule has 1 N–H and O–H groups in total. The van der Waals surface area contributed by atoms with Gasteiger partial charge in [0.15, 0.2) is 0 Å². The molecule has 2 aromatic heterocycles. The lowest BCUT2D eigenvalue weighted by atomic mass is 10.1. The minimum Gasteiger partial charge on any atom is -0.335 e. The molecule has 98 valence electrons. The van der Waals surface area contributed by atoms with Gasteiger partial charge in [-0.05, 0) is 13.5 Å². The minimum atomic E-state index is 0.261. The van der Waals surface area contributed by atoms with E-state index < -0.39 is 0 Å². The smallest absolute Gasteiger partial charge is 0.110 e. The molecule has 5 heteroatoms. The summed E-state index contributed by atoms with van der Waals surface area (Å²) in [6.07, 6.45) is 9.90. The molecule has 0 spiro atoms. The molecule has 0 saturated heterocycles. The zero-order valence-electron chi connectivity index (χ0n) is 11.3. The van der Waals surface area contributed by atoms with Crippen LogP contribution in [0.4, 0.5) is 0 Å².